The van der Waals surface area contributed by atoms with E-state index < -0.39 is 0 Å². The highest BCUT2D eigenvalue weighted by Crippen LogP contribution is 2.31. The van der Waals surface area contributed by atoms with Crippen molar-refractivity contribution >= 4 is 5.91 Å². The third kappa shape index (κ3) is 4.48. The number of amides is 1. The van der Waals surface area contributed by atoms with Crippen LogP contribution >= 0.6 is 0 Å². The lowest BCUT2D eigenvalue weighted by Gasteiger charge is -2.33. The van der Waals surface area contributed by atoms with Crippen LogP contribution in [0.4, 0.5) is 0 Å². The summed E-state index contributed by atoms with van der Waals surface area (Å²) in [6, 6.07) is 12.5. The first-order valence-electron chi connectivity index (χ1n) is 9.15. The van der Waals surface area contributed by atoms with Gasteiger partial charge in [0.25, 0.3) is 0 Å². The van der Waals surface area contributed by atoms with Gasteiger partial charge in [0.1, 0.15) is 0 Å². The second-order valence-corrected chi connectivity index (χ2v) is 7.21. The molecule has 2 heterocycles. The number of hydrogen-bond acceptors (Lipinski definition) is 4. The number of aliphatic hydroxyl groups is 1. The molecule has 0 atom stereocenters. The number of rotatable bonds is 5. The lowest BCUT2D eigenvalue weighted by Crippen LogP contribution is -2.42. The topological polar surface area (TPSA) is 56.7 Å². The second-order valence-electron chi connectivity index (χ2n) is 7.21. The van der Waals surface area contributed by atoms with E-state index in [0.717, 1.165) is 37.1 Å². The van der Waals surface area contributed by atoms with Gasteiger partial charge in [0, 0.05) is 24.8 Å². The summed E-state index contributed by atoms with van der Waals surface area (Å²) in [6.07, 6.45) is 3.82. The molecule has 5 nitrogen and oxygen atoms in total. The number of nitrogens with zero attached hydrogens (tertiary/aromatic N) is 3. The first-order valence-corrected chi connectivity index (χ1v) is 9.15. The standard InChI is InChI=1S/C21H27N3O2/c1-23(2)14-21(26)24-10-8-16(9-11-24)17-4-3-5-18(12-17)19-6-7-20(15-25)22-13-19/h3-7,12-13,16,25H,8-11,14-15H2,1-2H3. The quantitative estimate of drug-likeness (QED) is 0.897. The molecule has 3 rings (SSSR count). The van der Waals surface area contributed by atoms with Crippen LogP contribution in [0, 0.1) is 0 Å². The molecule has 1 aromatic heterocycles. The van der Waals surface area contributed by atoms with Gasteiger partial charge in [0.15, 0.2) is 0 Å². The number of hydrogen-bond donors (Lipinski definition) is 1. The molecule has 26 heavy (non-hydrogen) atoms. The molecule has 0 unspecified atom stereocenters. The van der Waals surface area contributed by atoms with Crippen LogP contribution in [0.2, 0.25) is 0 Å². The minimum absolute atomic E-state index is 0.0363. The Hall–Kier alpha value is -2.24. The smallest absolute Gasteiger partial charge is 0.236 e. The number of benzene rings is 1. The van der Waals surface area contributed by atoms with Gasteiger partial charge in [-0.15, -0.1) is 0 Å². The molecular formula is C21H27N3O2. The molecule has 1 amide bonds. The van der Waals surface area contributed by atoms with E-state index >= 15 is 0 Å². The highest BCUT2D eigenvalue weighted by Gasteiger charge is 2.24. The van der Waals surface area contributed by atoms with E-state index in [-0.39, 0.29) is 12.5 Å². The van der Waals surface area contributed by atoms with E-state index in [1.54, 1.807) is 0 Å². The molecule has 1 N–H and O–H groups in total. The average molecular weight is 353 g/mol. The first kappa shape index (κ1) is 18.5. The normalized spacial score (nSPS) is 15.5. The molecule has 0 radical (unpaired) electrons. The molecule has 5 heteroatoms. The van der Waals surface area contributed by atoms with Crippen molar-refractivity contribution in [2.75, 3.05) is 33.7 Å². The Labute approximate surface area is 155 Å². The van der Waals surface area contributed by atoms with Crippen molar-refractivity contribution in [1.29, 1.82) is 0 Å². The zero-order valence-corrected chi connectivity index (χ0v) is 15.6. The first-order chi connectivity index (χ1) is 12.6. The van der Waals surface area contributed by atoms with Crippen LogP contribution in [0.15, 0.2) is 42.6 Å². The Morgan fingerprint density at radius 1 is 1.19 bits per heavy atom. The van der Waals surface area contributed by atoms with E-state index in [1.807, 2.05) is 42.2 Å². The van der Waals surface area contributed by atoms with Crippen molar-refractivity contribution in [2.45, 2.75) is 25.4 Å². The van der Waals surface area contributed by atoms with E-state index in [9.17, 15) is 4.79 Å². The second kappa shape index (κ2) is 8.43. The largest absolute Gasteiger partial charge is 0.390 e. The number of pyridine rings is 1. The number of aliphatic hydroxyl groups excluding tert-OH is 1. The number of aromatic nitrogens is 1. The summed E-state index contributed by atoms with van der Waals surface area (Å²) in [6.45, 7) is 2.10. The summed E-state index contributed by atoms with van der Waals surface area (Å²) in [5.41, 5.74) is 4.21. The fourth-order valence-corrected chi connectivity index (χ4v) is 3.49. The zero-order chi connectivity index (χ0) is 18.5. The summed E-state index contributed by atoms with van der Waals surface area (Å²) in [4.78, 5) is 20.4. The molecule has 0 saturated carbocycles. The van der Waals surface area contributed by atoms with Gasteiger partial charge < -0.3 is 14.9 Å². The van der Waals surface area contributed by atoms with Crippen LogP contribution in [0.5, 0.6) is 0 Å². The molecule has 1 aliphatic heterocycles. The highest BCUT2D eigenvalue weighted by atomic mass is 16.3. The Morgan fingerprint density at radius 2 is 1.96 bits per heavy atom. The summed E-state index contributed by atoms with van der Waals surface area (Å²) >= 11 is 0. The fourth-order valence-electron chi connectivity index (χ4n) is 3.49. The van der Waals surface area contributed by atoms with Gasteiger partial charge in [0.2, 0.25) is 5.91 Å². The molecule has 138 valence electrons. The van der Waals surface area contributed by atoms with Crippen molar-refractivity contribution in [3.8, 4) is 11.1 Å². The SMILES string of the molecule is CN(C)CC(=O)N1CCC(c2cccc(-c3ccc(CO)nc3)c2)CC1. The summed E-state index contributed by atoms with van der Waals surface area (Å²) < 4.78 is 0. The van der Waals surface area contributed by atoms with Gasteiger partial charge in [-0.3, -0.25) is 9.78 Å². The van der Waals surface area contributed by atoms with Gasteiger partial charge >= 0.3 is 0 Å². The maximum atomic E-state index is 12.2. The zero-order valence-electron chi connectivity index (χ0n) is 15.6. The molecular weight excluding hydrogens is 326 g/mol. The van der Waals surface area contributed by atoms with Gasteiger partial charge in [-0.25, -0.2) is 0 Å². The van der Waals surface area contributed by atoms with Crippen LogP contribution in [-0.4, -0.2) is 59.5 Å². The number of likely N-dealkylation sites (N-methyl/N-ethyl adjacent to an activating group) is 1. The van der Waals surface area contributed by atoms with E-state index in [1.165, 1.54) is 5.56 Å². The Balaban J connectivity index is 1.66. The summed E-state index contributed by atoms with van der Waals surface area (Å²) in [5, 5.41) is 9.13. The Kier molecular flexibility index (Phi) is 6.01. The minimum atomic E-state index is -0.0363. The predicted molar refractivity (Wildman–Crippen MR) is 103 cm³/mol. The van der Waals surface area contributed by atoms with Crippen molar-refractivity contribution in [3.05, 3.63) is 53.9 Å². The minimum Gasteiger partial charge on any atom is -0.390 e. The third-order valence-electron chi connectivity index (χ3n) is 4.98. The fraction of sp³-hybridized carbons (Fsp3) is 0.429. The van der Waals surface area contributed by atoms with Crippen LogP contribution < -0.4 is 0 Å². The van der Waals surface area contributed by atoms with Crippen LogP contribution in [0.3, 0.4) is 0 Å². The van der Waals surface area contributed by atoms with Crippen LogP contribution in [0.25, 0.3) is 11.1 Å². The lowest BCUT2D eigenvalue weighted by atomic mass is 9.88. The average Bonchev–Trinajstić information content (AvgIpc) is 2.68. The molecule has 1 aromatic carbocycles. The Morgan fingerprint density at radius 3 is 2.58 bits per heavy atom. The number of likely N-dealkylation sites (tertiary alicyclic amines) is 1. The van der Waals surface area contributed by atoms with Crippen molar-refractivity contribution in [1.82, 2.24) is 14.8 Å². The molecule has 0 aliphatic carbocycles. The summed E-state index contributed by atoms with van der Waals surface area (Å²) in [7, 11) is 3.86. The Bertz CT molecular complexity index is 735. The summed E-state index contributed by atoms with van der Waals surface area (Å²) in [5.74, 6) is 0.709. The van der Waals surface area contributed by atoms with Crippen molar-refractivity contribution in [2.24, 2.45) is 0 Å². The van der Waals surface area contributed by atoms with Gasteiger partial charge in [-0.05, 0) is 50.0 Å². The molecule has 0 bridgehead atoms. The van der Waals surface area contributed by atoms with Gasteiger partial charge in [-0.2, -0.15) is 0 Å². The predicted octanol–water partition coefficient (Wildman–Crippen LogP) is 2.51. The monoisotopic (exact) mass is 353 g/mol. The van der Waals surface area contributed by atoms with Gasteiger partial charge in [-0.1, -0.05) is 30.3 Å². The maximum Gasteiger partial charge on any atom is 0.236 e. The maximum absolute atomic E-state index is 12.2. The lowest BCUT2D eigenvalue weighted by molar-refractivity contribution is -0.132. The molecule has 1 fully saturated rings. The van der Waals surface area contributed by atoms with Crippen molar-refractivity contribution in [3.63, 3.8) is 0 Å². The highest BCUT2D eigenvalue weighted by molar-refractivity contribution is 5.78. The molecule has 1 aliphatic rings. The molecule has 1 saturated heterocycles. The van der Waals surface area contributed by atoms with E-state index in [4.69, 9.17) is 5.11 Å². The third-order valence-corrected chi connectivity index (χ3v) is 4.98. The molecule has 2 aromatic rings. The van der Waals surface area contributed by atoms with Crippen molar-refractivity contribution < 1.29 is 9.90 Å². The number of carbonyl (C=O) groups is 1. The number of piperidine rings is 1. The molecule has 0 spiro atoms. The van der Waals surface area contributed by atoms with Crippen LogP contribution in [-0.2, 0) is 11.4 Å². The van der Waals surface area contributed by atoms with Crippen LogP contribution in [0.1, 0.15) is 30.0 Å². The van der Waals surface area contributed by atoms with E-state index in [0.29, 0.717) is 18.2 Å². The number of carbonyl (C=O) groups excluding carboxylic acids is 1. The van der Waals surface area contributed by atoms with E-state index in [2.05, 4.69) is 29.2 Å². The van der Waals surface area contributed by atoms with Gasteiger partial charge in [0.05, 0.1) is 18.8 Å².